The summed E-state index contributed by atoms with van der Waals surface area (Å²) >= 11 is 0. The zero-order valence-corrected chi connectivity index (χ0v) is 22.1. The van der Waals surface area contributed by atoms with Gasteiger partial charge in [0.15, 0.2) is 11.5 Å². The minimum absolute atomic E-state index is 0.0104. The van der Waals surface area contributed by atoms with Gasteiger partial charge in [-0.3, -0.25) is 9.59 Å². The molecule has 5 heterocycles. The van der Waals surface area contributed by atoms with E-state index in [9.17, 15) is 14.0 Å². The van der Waals surface area contributed by atoms with Gasteiger partial charge in [-0.1, -0.05) is 6.07 Å². The maximum absolute atomic E-state index is 13.5. The fraction of sp³-hybridized carbons (Fsp3) is 0.107. The van der Waals surface area contributed by atoms with E-state index in [-0.39, 0.29) is 35.9 Å². The first-order valence-electron chi connectivity index (χ1n) is 12.5. The molecule has 2 N–H and O–H groups in total. The summed E-state index contributed by atoms with van der Waals surface area (Å²) in [5, 5.41) is 5.31. The first kappa shape index (κ1) is 27.6. The molecule has 0 unspecified atom stereocenters. The first-order valence-corrected chi connectivity index (χ1v) is 12.5. The van der Waals surface area contributed by atoms with Gasteiger partial charge in [0, 0.05) is 48.6 Å². The summed E-state index contributed by atoms with van der Waals surface area (Å²) in [5.41, 5.74) is 1.16. The second-order valence-corrected chi connectivity index (χ2v) is 8.67. The number of ether oxygens (including phenoxy) is 2. The van der Waals surface area contributed by atoms with Crippen LogP contribution in [0, 0.1) is 12.9 Å². The number of rotatable bonds is 10. The van der Waals surface area contributed by atoms with Crippen molar-refractivity contribution in [1.29, 1.82) is 0 Å². The third kappa shape index (κ3) is 7.59. The fourth-order valence-corrected chi connectivity index (χ4v) is 3.68. The van der Waals surface area contributed by atoms with E-state index < -0.39 is 17.8 Å². The van der Waals surface area contributed by atoms with Crippen LogP contribution in [0.1, 0.15) is 32.4 Å². The Balaban J connectivity index is 1.29. The molecule has 0 aliphatic heterocycles. The lowest BCUT2D eigenvalue weighted by Gasteiger charge is -2.11. The third-order valence-corrected chi connectivity index (χ3v) is 5.41. The van der Waals surface area contributed by atoms with Crippen LogP contribution in [-0.2, 0) is 6.42 Å². The number of aryl methyl sites for hydroxylation is 1. The number of halogens is 1. The van der Waals surface area contributed by atoms with Crippen molar-refractivity contribution in [3.05, 3.63) is 109 Å². The highest BCUT2D eigenvalue weighted by atomic mass is 19.1. The number of carbonyl (C=O) groups is 2. The molecule has 0 spiro atoms. The number of nitrogens with zero attached hydrogens (tertiary/aromatic N) is 7. The van der Waals surface area contributed by atoms with E-state index in [2.05, 4.69) is 45.5 Å². The quantitative estimate of drug-likeness (QED) is 0.236. The van der Waals surface area contributed by atoms with Gasteiger partial charge in [0.1, 0.15) is 41.4 Å². The SMILES string of the molecule is Cc1cc(Oc2cncnc2)cc(C(=O)NCCc2cc(Oc3cncnc3)cc(C(=O)Nc3cccc(F)n3)n2)n1. The highest BCUT2D eigenvalue weighted by Crippen LogP contribution is 2.23. The molecule has 42 heavy (non-hydrogen) atoms. The van der Waals surface area contributed by atoms with Gasteiger partial charge in [-0.2, -0.15) is 4.39 Å². The summed E-state index contributed by atoms with van der Waals surface area (Å²) in [6.45, 7) is 1.90. The number of anilines is 1. The van der Waals surface area contributed by atoms with Crippen molar-refractivity contribution in [2.45, 2.75) is 13.3 Å². The van der Waals surface area contributed by atoms with E-state index in [1.54, 1.807) is 19.1 Å². The zero-order chi connectivity index (χ0) is 29.3. The second kappa shape index (κ2) is 13.0. The summed E-state index contributed by atoms with van der Waals surface area (Å²) < 4.78 is 25.0. The normalized spacial score (nSPS) is 10.5. The number of carbonyl (C=O) groups excluding carboxylic acids is 2. The molecular weight excluding hydrogens is 545 g/mol. The van der Waals surface area contributed by atoms with Crippen LogP contribution in [0.25, 0.3) is 0 Å². The fourth-order valence-electron chi connectivity index (χ4n) is 3.68. The van der Waals surface area contributed by atoms with Gasteiger partial charge < -0.3 is 20.1 Å². The zero-order valence-electron chi connectivity index (χ0n) is 22.1. The van der Waals surface area contributed by atoms with Crippen molar-refractivity contribution in [2.75, 3.05) is 11.9 Å². The third-order valence-electron chi connectivity index (χ3n) is 5.41. The molecule has 0 aliphatic rings. The molecule has 0 bridgehead atoms. The molecule has 0 saturated carbocycles. The van der Waals surface area contributed by atoms with E-state index in [4.69, 9.17) is 9.47 Å². The Morgan fingerprint density at radius 2 is 1.38 bits per heavy atom. The average molecular weight is 568 g/mol. The minimum atomic E-state index is -0.741. The van der Waals surface area contributed by atoms with Crippen LogP contribution in [0.4, 0.5) is 10.2 Å². The lowest BCUT2D eigenvalue weighted by atomic mass is 10.2. The van der Waals surface area contributed by atoms with Gasteiger partial charge >= 0.3 is 0 Å². The molecule has 210 valence electrons. The smallest absolute Gasteiger partial charge is 0.275 e. The van der Waals surface area contributed by atoms with Crippen LogP contribution < -0.4 is 20.1 Å². The van der Waals surface area contributed by atoms with Crippen molar-refractivity contribution in [3.8, 4) is 23.0 Å². The monoisotopic (exact) mass is 567 g/mol. The highest BCUT2D eigenvalue weighted by Gasteiger charge is 2.15. The number of pyridine rings is 3. The molecule has 0 fully saturated rings. The largest absolute Gasteiger partial charge is 0.454 e. The molecule has 0 aromatic carbocycles. The van der Waals surface area contributed by atoms with Gasteiger partial charge in [0.05, 0.1) is 24.8 Å². The van der Waals surface area contributed by atoms with E-state index in [1.165, 1.54) is 61.7 Å². The van der Waals surface area contributed by atoms with Crippen LogP contribution in [0.3, 0.4) is 0 Å². The van der Waals surface area contributed by atoms with E-state index in [0.717, 1.165) is 6.07 Å². The Kier molecular flexibility index (Phi) is 8.53. The van der Waals surface area contributed by atoms with Gasteiger partial charge in [0.25, 0.3) is 11.8 Å². The van der Waals surface area contributed by atoms with Crippen LogP contribution in [-0.4, -0.2) is 53.2 Å². The van der Waals surface area contributed by atoms with E-state index in [1.807, 2.05) is 0 Å². The predicted octanol–water partition coefficient (Wildman–Crippen LogP) is 3.71. The Labute approximate surface area is 238 Å². The molecule has 0 radical (unpaired) electrons. The highest BCUT2D eigenvalue weighted by molar-refractivity contribution is 6.02. The Morgan fingerprint density at radius 1 is 0.762 bits per heavy atom. The van der Waals surface area contributed by atoms with Crippen LogP contribution in [0.5, 0.6) is 23.0 Å². The molecule has 13 nitrogen and oxygen atoms in total. The standard InChI is InChI=1S/C28H22FN9O4/c1-17-7-19(41-21-11-30-15-31-12-21)9-23(35-17)27(39)34-6-5-18-8-20(42-22-13-32-16-33-14-22)10-24(36-18)28(40)38-26-4-2-3-25(29)37-26/h2-4,7-16H,5-6H2,1H3,(H,34,39)(H,37,38,40). The molecule has 0 aliphatic carbocycles. The minimum Gasteiger partial charge on any atom is -0.454 e. The van der Waals surface area contributed by atoms with Crippen molar-refractivity contribution in [1.82, 2.24) is 40.2 Å². The molecule has 14 heteroatoms. The molecule has 2 amide bonds. The van der Waals surface area contributed by atoms with Crippen molar-refractivity contribution < 1.29 is 23.5 Å². The van der Waals surface area contributed by atoms with Crippen LogP contribution >= 0.6 is 0 Å². The summed E-state index contributed by atoms with van der Waals surface area (Å²) in [6, 6.07) is 10.3. The molecule has 5 aromatic heterocycles. The number of hydrogen-bond donors (Lipinski definition) is 2. The van der Waals surface area contributed by atoms with E-state index >= 15 is 0 Å². The lowest BCUT2D eigenvalue weighted by molar-refractivity contribution is 0.0947. The van der Waals surface area contributed by atoms with Gasteiger partial charge in [0.2, 0.25) is 5.95 Å². The number of hydrogen-bond acceptors (Lipinski definition) is 11. The molecule has 5 rings (SSSR count). The maximum atomic E-state index is 13.5. The average Bonchev–Trinajstić information content (AvgIpc) is 2.98. The summed E-state index contributed by atoms with van der Waals surface area (Å²) in [7, 11) is 0. The maximum Gasteiger partial charge on any atom is 0.275 e. The van der Waals surface area contributed by atoms with Crippen molar-refractivity contribution in [2.24, 2.45) is 0 Å². The molecule has 0 saturated heterocycles. The van der Waals surface area contributed by atoms with Crippen LogP contribution in [0.15, 0.2) is 79.9 Å². The summed E-state index contributed by atoms with van der Waals surface area (Å²) in [6.07, 6.45) is 8.90. The summed E-state index contributed by atoms with van der Waals surface area (Å²) in [4.78, 5) is 53.8. The molecular formula is C28H22FN9O4. The van der Waals surface area contributed by atoms with E-state index in [0.29, 0.717) is 28.6 Å². The van der Waals surface area contributed by atoms with Crippen molar-refractivity contribution in [3.63, 3.8) is 0 Å². The van der Waals surface area contributed by atoms with Crippen molar-refractivity contribution >= 4 is 17.6 Å². The number of amides is 2. The summed E-state index contributed by atoms with van der Waals surface area (Å²) in [5.74, 6) is -0.344. The second-order valence-electron chi connectivity index (χ2n) is 8.67. The van der Waals surface area contributed by atoms with Gasteiger partial charge in [-0.05, 0) is 19.1 Å². The topological polar surface area (TPSA) is 167 Å². The van der Waals surface area contributed by atoms with Gasteiger partial charge in [-0.25, -0.2) is 34.9 Å². The van der Waals surface area contributed by atoms with Crippen LogP contribution in [0.2, 0.25) is 0 Å². The Hall–Kier alpha value is -5.92. The lowest BCUT2D eigenvalue weighted by Crippen LogP contribution is -2.27. The number of nitrogens with one attached hydrogen (secondary N) is 2. The Bertz CT molecular complexity index is 1710. The Morgan fingerprint density at radius 3 is 2.02 bits per heavy atom. The van der Waals surface area contributed by atoms with Gasteiger partial charge in [-0.15, -0.1) is 0 Å². The number of aromatic nitrogens is 7. The predicted molar refractivity (Wildman–Crippen MR) is 146 cm³/mol. The first-order chi connectivity index (χ1) is 20.4. The molecule has 0 atom stereocenters. The molecule has 5 aromatic rings.